The Morgan fingerprint density at radius 2 is 1.86 bits per heavy atom. The third kappa shape index (κ3) is 5.74. The summed E-state index contributed by atoms with van der Waals surface area (Å²) < 4.78 is 6.27. The summed E-state index contributed by atoms with van der Waals surface area (Å²) in [6.07, 6.45) is 2.96. The SMILES string of the molecule is CC[C@H](CNC(=O)[C@H](C)OC(=O)/C=C/c1nc2ccccc2s1)c1ccccc1. The maximum Gasteiger partial charge on any atom is 0.331 e. The number of para-hydroxylation sites is 1. The molecule has 3 rings (SSSR count). The van der Waals surface area contributed by atoms with Gasteiger partial charge in [-0.2, -0.15) is 0 Å². The van der Waals surface area contributed by atoms with Gasteiger partial charge in [0.2, 0.25) is 0 Å². The van der Waals surface area contributed by atoms with Gasteiger partial charge in [0.05, 0.1) is 10.2 Å². The number of nitrogens with one attached hydrogen (secondary N) is 1. The molecule has 1 aromatic heterocycles. The minimum Gasteiger partial charge on any atom is -0.449 e. The number of esters is 1. The molecule has 0 bridgehead atoms. The fourth-order valence-corrected chi connectivity index (χ4v) is 3.83. The zero-order valence-electron chi connectivity index (χ0n) is 16.5. The predicted molar refractivity (Wildman–Crippen MR) is 117 cm³/mol. The Balaban J connectivity index is 1.50. The topological polar surface area (TPSA) is 68.3 Å². The highest BCUT2D eigenvalue weighted by Crippen LogP contribution is 2.22. The molecule has 2 atom stereocenters. The number of benzene rings is 2. The standard InChI is InChI=1S/C23H24N2O3S/c1-3-17(18-9-5-4-6-10-18)15-24-23(27)16(2)28-22(26)14-13-21-25-19-11-7-8-12-20(19)29-21/h4-14,16-17H,3,15H2,1-2H3,(H,24,27)/b14-13+/t16-,17+/m0/s1. The van der Waals surface area contributed by atoms with Crippen LogP contribution in [0.3, 0.4) is 0 Å². The van der Waals surface area contributed by atoms with Crippen molar-refractivity contribution in [3.63, 3.8) is 0 Å². The van der Waals surface area contributed by atoms with E-state index < -0.39 is 12.1 Å². The highest BCUT2D eigenvalue weighted by molar-refractivity contribution is 7.19. The molecule has 0 fully saturated rings. The van der Waals surface area contributed by atoms with Crippen molar-refractivity contribution in [3.05, 3.63) is 71.2 Å². The second kappa shape index (κ2) is 9.98. The van der Waals surface area contributed by atoms with Gasteiger partial charge in [-0.25, -0.2) is 9.78 Å². The van der Waals surface area contributed by atoms with Crippen molar-refractivity contribution in [1.82, 2.24) is 10.3 Å². The van der Waals surface area contributed by atoms with E-state index in [-0.39, 0.29) is 11.8 Å². The molecule has 6 heteroatoms. The lowest BCUT2D eigenvalue weighted by atomic mass is 9.96. The summed E-state index contributed by atoms with van der Waals surface area (Å²) in [5.41, 5.74) is 2.07. The van der Waals surface area contributed by atoms with E-state index in [0.29, 0.717) is 11.6 Å². The maximum atomic E-state index is 12.3. The van der Waals surface area contributed by atoms with E-state index in [1.807, 2.05) is 42.5 Å². The summed E-state index contributed by atoms with van der Waals surface area (Å²) >= 11 is 1.49. The third-order valence-electron chi connectivity index (χ3n) is 4.62. The van der Waals surface area contributed by atoms with Gasteiger partial charge in [0, 0.05) is 18.5 Å². The number of hydrogen-bond acceptors (Lipinski definition) is 5. The summed E-state index contributed by atoms with van der Waals surface area (Å²) in [5.74, 6) is -0.648. The minimum atomic E-state index is -0.865. The lowest BCUT2D eigenvalue weighted by Crippen LogP contribution is -2.37. The summed E-state index contributed by atoms with van der Waals surface area (Å²) in [6.45, 7) is 4.16. The monoisotopic (exact) mass is 408 g/mol. The number of carbonyl (C=O) groups is 2. The van der Waals surface area contributed by atoms with E-state index >= 15 is 0 Å². The zero-order valence-corrected chi connectivity index (χ0v) is 17.3. The van der Waals surface area contributed by atoms with Gasteiger partial charge in [0.25, 0.3) is 5.91 Å². The van der Waals surface area contributed by atoms with Gasteiger partial charge in [0.1, 0.15) is 5.01 Å². The molecular weight excluding hydrogens is 384 g/mol. The van der Waals surface area contributed by atoms with E-state index in [9.17, 15) is 9.59 Å². The van der Waals surface area contributed by atoms with E-state index in [2.05, 4.69) is 29.4 Å². The summed E-state index contributed by atoms with van der Waals surface area (Å²) in [5, 5.41) is 3.59. The quantitative estimate of drug-likeness (QED) is 0.438. The molecule has 5 nitrogen and oxygen atoms in total. The number of amides is 1. The number of fused-ring (bicyclic) bond motifs is 1. The highest BCUT2D eigenvalue weighted by Gasteiger charge is 2.18. The Morgan fingerprint density at radius 3 is 2.59 bits per heavy atom. The normalized spacial score (nSPS) is 13.3. The molecular formula is C23H24N2O3S. The van der Waals surface area contributed by atoms with Crippen molar-refractivity contribution in [1.29, 1.82) is 0 Å². The first-order chi connectivity index (χ1) is 14.1. The highest BCUT2D eigenvalue weighted by atomic mass is 32.1. The molecule has 0 saturated carbocycles. The Kier molecular flexibility index (Phi) is 7.14. The number of carbonyl (C=O) groups excluding carboxylic acids is 2. The molecule has 1 heterocycles. The molecule has 150 valence electrons. The molecule has 0 aliphatic carbocycles. The van der Waals surface area contributed by atoms with Gasteiger partial charge in [0.15, 0.2) is 6.10 Å². The number of rotatable bonds is 8. The van der Waals surface area contributed by atoms with Crippen LogP contribution in [0.15, 0.2) is 60.7 Å². The van der Waals surface area contributed by atoms with Gasteiger partial charge in [-0.3, -0.25) is 4.79 Å². The Labute approximate surface area is 174 Å². The first-order valence-electron chi connectivity index (χ1n) is 9.63. The first kappa shape index (κ1) is 20.7. The van der Waals surface area contributed by atoms with Gasteiger partial charge < -0.3 is 10.1 Å². The van der Waals surface area contributed by atoms with Crippen LogP contribution in [0.1, 0.15) is 36.8 Å². The molecule has 29 heavy (non-hydrogen) atoms. The molecule has 0 aliphatic heterocycles. The van der Waals surface area contributed by atoms with Gasteiger partial charge >= 0.3 is 5.97 Å². The fourth-order valence-electron chi connectivity index (χ4n) is 2.96. The van der Waals surface area contributed by atoms with Crippen molar-refractivity contribution >= 4 is 39.5 Å². The number of aromatic nitrogens is 1. The van der Waals surface area contributed by atoms with Crippen LogP contribution in [0.4, 0.5) is 0 Å². The second-order valence-electron chi connectivity index (χ2n) is 6.69. The smallest absolute Gasteiger partial charge is 0.331 e. The lowest BCUT2D eigenvalue weighted by molar-refractivity contribution is -0.150. The van der Waals surface area contributed by atoms with Crippen molar-refractivity contribution in [2.75, 3.05) is 6.54 Å². The van der Waals surface area contributed by atoms with Crippen LogP contribution in [0.5, 0.6) is 0 Å². The van der Waals surface area contributed by atoms with Gasteiger partial charge in [-0.1, -0.05) is 49.4 Å². The average Bonchev–Trinajstić information content (AvgIpc) is 3.16. The Morgan fingerprint density at radius 1 is 1.14 bits per heavy atom. The van der Waals surface area contributed by atoms with Crippen LogP contribution in [0, 0.1) is 0 Å². The van der Waals surface area contributed by atoms with Crippen molar-refractivity contribution < 1.29 is 14.3 Å². The summed E-state index contributed by atoms with van der Waals surface area (Å²) in [6, 6.07) is 17.8. The largest absolute Gasteiger partial charge is 0.449 e. The van der Waals surface area contributed by atoms with Crippen LogP contribution >= 0.6 is 11.3 Å². The van der Waals surface area contributed by atoms with E-state index in [4.69, 9.17) is 4.74 Å². The molecule has 0 radical (unpaired) electrons. The minimum absolute atomic E-state index is 0.224. The molecule has 3 aromatic rings. The molecule has 0 spiro atoms. The summed E-state index contributed by atoms with van der Waals surface area (Å²) in [4.78, 5) is 28.8. The van der Waals surface area contributed by atoms with E-state index in [0.717, 1.165) is 16.6 Å². The average molecular weight is 409 g/mol. The van der Waals surface area contributed by atoms with Crippen LogP contribution in [0.2, 0.25) is 0 Å². The molecule has 0 saturated heterocycles. The van der Waals surface area contributed by atoms with E-state index in [1.165, 1.54) is 23.0 Å². The molecule has 1 amide bonds. The Bertz CT molecular complexity index is 965. The lowest BCUT2D eigenvalue weighted by Gasteiger charge is -2.18. The van der Waals surface area contributed by atoms with E-state index in [1.54, 1.807) is 13.0 Å². The predicted octanol–water partition coefficient (Wildman–Crippen LogP) is 4.55. The van der Waals surface area contributed by atoms with Crippen LogP contribution in [-0.4, -0.2) is 29.5 Å². The fraction of sp³-hybridized carbons (Fsp3) is 0.261. The summed E-state index contributed by atoms with van der Waals surface area (Å²) in [7, 11) is 0. The van der Waals surface area contributed by atoms with Crippen LogP contribution in [0.25, 0.3) is 16.3 Å². The van der Waals surface area contributed by atoms with Crippen molar-refractivity contribution in [2.24, 2.45) is 0 Å². The van der Waals surface area contributed by atoms with Gasteiger partial charge in [-0.05, 0) is 37.1 Å². The second-order valence-corrected chi connectivity index (χ2v) is 7.76. The van der Waals surface area contributed by atoms with Crippen molar-refractivity contribution in [3.8, 4) is 0 Å². The van der Waals surface area contributed by atoms with Crippen LogP contribution in [-0.2, 0) is 14.3 Å². The molecule has 0 aliphatic rings. The number of ether oxygens (including phenoxy) is 1. The maximum absolute atomic E-state index is 12.3. The number of thiazole rings is 1. The number of hydrogen-bond donors (Lipinski definition) is 1. The van der Waals surface area contributed by atoms with Crippen LogP contribution < -0.4 is 5.32 Å². The number of nitrogens with zero attached hydrogens (tertiary/aromatic N) is 1. The molecule has 1 N–H and O–H groups in total. The van der Waals surface area contributed by atoms with Gasteiger partial charge in [-0.15, -0.1) is 11.3 Å². The molecule has 2 aromatic carbocycles. The van der Waals surface area contributed by atoms with Crippen molar-refractivity contribution in [2.45, 2.75) is 32.3 Å². The first-order valence-corrected chi connectivity index (χ1v) is 10.5. The molecule has 0 unspecified atom stereocenters. The Hall–Kier alpha value is -2.99. The third-order valence-corrected chi connectivity index (χ3v) is 5.62. The zero-order chi connectivity index (χ0) is 20.6.